The molecule has 0 bridgehead atoms. The van der Waals surface area contributed by atoms with Crippen molar-refractivity contribution in [3.8, 4) is 5.75 Å². The molecule has 1 aromatic carbocycles. The van der Waals surface area contributed by atoms with E-state index in [2.05, 4.69) is 0 Å². The van der Waals surface area contributed by atoms with Crippen LogP contribution in [0.25, 0.3) is 0 Å². The summed E-state index contributed by atoms with van der Waals surface area (Å²) in [7, 11) is 1.28. The first-order valence-corrected chi connectivity index (χ1v) is 6.16. The van der Waals surface area contributed by atoms with Crippen LogP contribution in [0.15, 0.2) is 24.3 Å². The SMILES string of the molecule is CCCOc1ccc(C(C)(CC(F)(F)F)OC)cc1. The largest absolute Gasteiger partial charge is 0.494 e. The molecule has 2 nitrogen and oxygen atoms in total. The lowest BCUT2D eigenvalue weighted by atomic mass is 9.92. The third kappa shape index (κ3) is 4.74. The molecule has 19 heavy (non-hydrogen) atoms. The molecule has 1 aromatic rings. The maximum absolute atomic E-state index is 12.6. The average molecular weight is 276 g/mol. The molecule has 0 fully saturated rings. The number of halogens is 3. The molecule has 0 aromatic heterocycles. The molecule has 108 valence electrons. The normalized spacial score (nSPS) is 15.1. The number of ether oxygens (including phenoxy) is 2. The van der Waals surface area contributed by atoms with Crippen LogP contribution in [0.2, 0.25) is 0 Å². The number of hydrogen-bond donors (Lipinski definition) is 0. The van der Waals surface area contributed by atoms with Crippen molar-refractivity contribution in [3.63, 3.8) is 0 Å². The average Bonchev–Trinajstić information content (AvgIpc) is 2.35. The first-order valence-electron chi connectivity index (χ1n) is 6.16. The predicted octanol–water partition coefficient (Wildman–Crippen LogP) is 4.29. The lowest BCUT2D eigenvalue weighted by molar-refractivity contribution is -0.181. The second-order valence-corrected chi connectivity index (χ2v) is 4.60. The van der Waals surface area contributed by atoms with Crippen molar-refractivity contribution >= 4 is 0 Å². The van der Waals surface area contributed by atoms with Gasteiger partial charge in [-0.3, -0.25) is 0 Å². The van der Waals surface area contributed by atoms with Gasteiger partial charge in [-0.15, -0.1) is 0 Å². The van der Waals surface area contributed by atoms with Gasteiger partial charge in [0.05, 0.1) is 18.6 Å². The summed E-state index contributed by atoms with van der Waals surface area (Å²) in [4.78, 5) is 0. The van der Waals surface area contributed by atoms with Gasteiger partial charge in [0.1, 0.15) is 5.75 Å². The summed E-state index contributed by atoms with van der Waals surface area (Å²) in [6, 6.07) is 6.55. The summed E-state index contributed by atoms with van der Waals surface area (Å²) in [5.41, 5.74) is -0.891. The highest BCUT2D eigenvalue weighted by molar-refractivity contribution is 5.30. The van der Waals surface area contributed by atoms with Crippen molar-refractivity contribution in [3.05, 3.63) is 29.8 Å². The van der Waals surface area contributed by atoms with Gasteiger partial charge in [0, 0.05) is 7.11 Å². The van der Waals surface area contributed by atoms with Gasteiger partial charge in [-0.2, -0.15) is 13.2 Å². The Morgan fingerprint density at radius 3 is 2.11 bits per heavy atom. The van der Waals surface area contributed by atoms with Crippen LogP contribution < -0.4 is 4.74 Å². The summed E-state index contributed by atoms with van der Waals surface area (Å²) in [6.45, 7) is 4.01. The zero-order chi connectivity index (χ0) is 14.5. The molecule has 0 aliphatic heterocycles. The van der Waals surface area contributed by atoms with E-state index in [4.69, 9.17) is 9.47 Å². The molecule has 1 atom stereocenters. The second-order valence-electron chi connectivity index (χ2n) is 4.60. The van der Waals surface area contributed by atoms with E-state index in [0.717, 1.165) is 6.42 Å². The molecule has 0 saturated carbocycles. The van der Waals surface area contributed by atoms with Crippen molar-refractivity contribution in [1.82, 2.24) is 0 Å². The monoisotopic (exact) mass is 276 g/mol. The van der Waals surface area contributed by atoms with Gasteiger partial charge in [-0.05, 0) is 31.0 Å². The molecule has 0 aliphatic rings. The Morgan fingerprint density at radius 1 is 1.11 bits per heavy atom. The maximum atomic E-state index is 12.6. The van der Waals surface area contributed by atoms with Crippen LogP contribution in [0, 0.1) is 0 Å². The highest BCUT2D eigenvalue weighted by atomic mass is 19.4. The van der Waals surface area contributed by atoms with Crippen LogP contribution >= 0.6 is 0 Å². The molecular formula is C14H19F3O2. The van der Waals surface area contributed by atoms with Gasteiger partial charge in [0.25, 0.3) is 0 Å². The van der Waals surface area contributed by atoms with E-state index in [-0.39, 0.29) is 0 Å². The minimum atomic E-state index is -4.28. The highest BCUT2D eigenvalue weighted by Gasteiger charge is 2.40. The maximum Gasteiger partial charge on any atom is 0.392 e. The first kappa shape index (κ1) is 15.8. The van der Waals surface area contributed by atoms with Crippen LogP contribution in [0.4, 0.5) is 13.2 Å². The minimum Gasteiger partial charge on any atom is -0.494 e. The molecule has 0 radical (unpaired) electrons. The second kappa shape index (κ2) is 6.28. The molecule has 1 rings (SSSR count). The number of benzene rings is 1. The molecule has 0 N–H and O–H groups in total. The Labute approximate surface area is 111 Å². The smallest absolute Gasteiger partial charge is 0.392 e. The Hall–Kier alpha value is -1.23. The van der Waals surface area contributed by atoms with Gasteiger partial charge >= 0.3 is 6.18 Å². The van der Waals surface area contributed by atoms with Crippen molar-refractivity contribution in [1.29, 1.82) is 0 Å². The van der Waals surface area contributed by atoms with Crippen LogP contribution in [-0.4, -0.2) is 19.9 Å². The standard InChI is InChI=1S/C14H19F3O2/c1-4-9-19-12-7-5-11(6-8-12)13(2,18-3)10-14(15,16)17/h5-8H,4,9-10H2,1-3H3. The third-order valence-electron chi connectivity index (χ3n) is 2.93. The van der Waals surface area contributed by atoms with E-state index < -0.39 is 18.2 Å². The summed E-state index contributed by atoms with van der Waals surface area (Å²) >= 11 is 0. The van der Waals surface area contributed by atoms with Crippen LogP contribution in [0.5, 0.6) is 5.75 Å². The number of alkyl halides is 3. The fraction of sp³-hybridized carbons (Fsp3) is 0.571. The van der Waals surface area contributed by atoms with E-state index in [1.807, 2.05) is 6.92 Å². The quantitative estimate of drug-likeness (QED) is 0.771. The minimum absolute atomic E-state index is 0.483. The lowest BCUT2D eigenvalue weighted by Gasteiger charge is -2.29. The van der Waals surface area contributed by atoms with Gasteiger partial charge < -0.3 is 9.47 Å². The Kier molecular flexibility index (Phi) is 5.23. The number of rotatable bonds is 6. The van der Waals surface area contributed by atoms with Gasteiger partial charge in [0.15, 0.2) is 0 Å². The van der Waals surface area contributed by atoms with Crippen molar-refractivity contribution in [2.75, 3.05) is 13.7 Å². The lowest BCUT2D eigenvalue weighted by Crippen LogP contribution is -2.31. The van der Waals surface area contributed by atoms with Crippen molar-refractivity contribution < 1.29 is 22.6 Å². The van der Waals surface area contributed by atoms with Crippen LogP contribution in [0.3, 0.4) is 0 Å². The van der Waals surface area contributed by atoms with E-state index in [9.17, 15) is 13.2 Å². The summed E-state index contributed by atoms with van der Waals surface area (Å²) in [5, 5.41) is 0. The Balaban J connectivity index is 2.87. The zero-order valence-electron chi connectivity index (χ0n) is 11.4. The zero-order valence-corrected chi connectivity index (χ0v) is 11.4. The van der Waals surface area contributed by atoms with E-state index in [1.165, 1.54) is 14.0 Å². The fourth-order valence-electron chi connectivity index (χ4n) is 1.80. The molecule has 0 aliphatic carbocycles. The molecule has 0 amide bonds. The molecule has 0 spiro atoms. The third-order valence-corrected chi connectivity index (χ3v) is 2.93. The van der Waals surface area contributed by atoms with Crippen molar-refractivity contribution in [2.24, 2.45) is 0 Å². The topological polar surface area (TPSA) is 18.5 Å². The fourth-order valence-corrected chi connectivity index (χ4v) is 1.80. The van der Waals surface area contributed by atoms with Gasteiger partial charge in [0.2, 0.25) is 0 Å². The van der Waals surface area contributed by atoms with Crippen LogP contribution in [-0.2, 0) is 10.3 Å². The molecule has 0 saturated heterocycles. The van der Waals surface area contributed by atoms with E-state index in [0.29, 0.717) is 17.9 Å². The Morgan fingerprint density at radius 2 is 1.68 bits per heavy atom. The molecular weight excluding hydrogens is 257 g/mol. The first-order chi connectivity index (χ1) is 8.80. The molecule has 5 heteroatoms. The highest BCUT2D eigenvalue weighted by Crippen LogP contribution is 2.37. The number of methoxy groups -OCH3 is 1. The van der Waals surface area contributed by atoms with Gasteiger partial charge in [-0.25, -0.2) is 0 Å². The van der Waals surface area contributed by atoms with Crippen molar-refractivity contribution in [2.45, 2.75) is 38.5 Å². The van der Waals surface area contributed by atoms with E-state index >= 15 is 0 Å². The summed E-state index contributed by atoms with van der Waals surface area (Å²) in [5.74, 6) is 0.649. The Bertz CT molecular complexity index is 387. The summed E-state index contributed by atoms with van der Waals surface area (Å²) in [6.07, 6.45) is -4.42. The van der Waals surface area contributed by atoms with Gasteiger partial charge in [-0.1, -0.05) is 19.1 Å². The summed E-state index contributed by atoms with van der Waals surface area (Å²) < 4.78 is 48.1. The van der Waals surface area contributed by atoms with E-state index in [1.54, 1.807) is 24.3 Å². The molecule has 1 unspecified atom stereocenters. The number of hydrogen-bond acceptors (Lipinski definition) is 2. The molecule has 0 heterocycles. The predicted molar refractivity (Wildman–Crippen MR) is 67.3 cm³/mol. The van der Waals surface area contributed by atoms with Crippen LogP contribution in [0.1, 0.15) is 32.3 Å².